The van der Waals surface area contributed by atoms with Gasteiger partial charge in [-0.3, -0.25) is 0 Å². The first kappa shape index (κ1) is 14.0. The maximum Gasteiger partial charge on any atom is 0.0914 e. The van der Waals surface area contributed by atoms with Crippen molar-refractivity contribution in [2.75, 3.05) is 38.7 Å². The maximum atomic E-state index is 9.91. The van der Waals surface area contributed by atoms with Crippen LogP contribution in [-0.4, -0.2) is 44.0 Å². The molecule has 1 atom stereocenters. The van der Waals surface area contributed by atoms with Crippen LogP contribution in [-0.2, 0) is 0 Å². The highest BCUT2D eigenvalue weighted by molar-refractivity contribution is 5.46. The van der Waals surface area contributed by atoms with Crippen molar-refractivity contribution in [3.8, 4) is 0 Å². The van der Waals surface area contributed by atoms with Crippen LogP contribution in [0, 0.1) is 0 Å². The van der Waals surface area contributed by atoms with Crippen LogP contribution in [0.1, 0.15) is 18.1 Å². The average Bonchev–Trinajstić information content (AvgIpc) is 2.34. The third kappa shape index (κ3) is 4.73. The molecule has 0 aliphatic heterocycles. The van der Waals surface area contributed by atoms with E-state index in [0.29, 0.717) is 13.0 Å². The lowest BCUT2D eigenvalue weighted by atomic mass is 10.1. The standard InChI is InChI=1S/C13H22N2O2/c1-15(2)12-6-4-11(5-7-12)13(17)10-14-8-3-9-16/h4-7,13-14,16-17H,3,8-10H2,1-2H3. The average molecular weight is 238 g/mol. The highest BCUT2D eigenvalue weighted by atomic mass is 16.3. The maximum absolute atomic E-state index is 9.91. The number of benzene rings is 1. The Morgan fingerprint density at radius 2 is 1.88 bits per heavy atom. The Bertz CT molecular complexity index is 312. The molecule has 1 aromatic carbocycles. The Morgan fingerprint density at radius 1 is 1.24 bits per heavy atom. The number of anilines is 1. The SMILES string of the molecule is CN(C)c1ccc(C(O)CNCCCO)cc1. The highest BCUT2D eigenvalue weighted by Crippen LogP contribution is 2.17. The molecule has 0 aliphatic carbocycles. The summed E-state index contributed by atoms with van der Waals surface area (Å²) >= 11 is 0. The van der Waals surface area contributed by atoms with Gasteiger partial charge in [0.1, 0.15) is 0 Å². The zero-order valence-electron chi connectivity index (χ0n) is 10.6. The second-order valence-electron chi connectivity index (χ2n) is 4.28. The fraction of sp³-hybridized carbons (Fsp3) is 0.538. The van der Waals surface area contributed by atoms with Crippen LogP contribution in [0.3, 0.4) is 0 Å². The van der Waals surface area contributed by atoms with Gasteiger partial charge >= 0.3 is 0 Å². The van der Waals surface area contributed by atoms with Crippen molar-refractivity contribution in [3.05, 3.63) is 29.8 Å². The van der Waals surface area contributed by atoms with Gasteiger partial charge in [0.2, 0.25) is 0 Å². The van der Waals surface area contributed by atoms with Crippen LogP contribution < -0.4 is 10.2 Å². The van der Waals surface area contributed by atoms with E-state index in [1.165, 1.54) is 0 Å². The minimum Gasteiger partial charge on any atom is -0.396 e. The normalized spacial score (nSPS) is 12.5. The van der Waals surface area contributed by atoms with Gasteiger partial charge in [0.25, 0.3) is 0 Å². The molecule has 1 rings (SSSR count). The molecule has 4 nitrogen and oxygen atoms in total. The second-order valence-corrected chi connectivity index (χ2v) is 4.28. The summed E-state index contributed by atoms with van der Waals surface area (Å²) in [5.74, 6) is 0. The summed E-state index contributed by atoms with van der Waals surface area (Å²) in [6, 6.07) is 7.86. The first-order chi connectivity index (χ1) is 8.15. The largest absolute Gasteiger partial charge is 0.396 e. The smallest absolute Gasteiger partial charge is 0.0914 e. The summed E-state index contributed by atoms with van der Waals surface area (Å²) in [7, 11) is 3.98. The molecule has 0 saturated heterocycles. The third-order valence-electron chi connectivity index (χ3n) is 2.64. The lowest BCUT2D eigenvalue weighted by Gasteiger charge is -2.15. The zero-order valence-corrected chi connectivity index (χ0v) is 10.6. The van der Waals surface area contributed by atoms with Crippen molar-refractivity contribution < 1.29 is 10.2 Å². The van der Waals surface area contributed by atoms with Crippen LogP contribution >= 0.6 is 0 Å². The van der Waals surface area contributed by atoms with Gasteiger partial charge in [-0.05, 0) is 30.7 Å². The summed E-state index contributed by atoms with van der Waals surface area (Å²) in [5.41, 5.74) is 2.03. The number of nitrogens with one attached hydrogen (secondary N) is 1. The van der Waals surface area contributed by atoms with E-state index in [9.17, 15) is 5.11 Å². The van der Waals surface area contributed by atoms with Gasteiger partial charge in [0, 0.05) is 32.9 Å². The molecule has 0 aliphatic rings. The molecule has 4 heteroatoms. The van der Waals surface area contributed by atoms with Gasteiger partial charge in [0.15, 0.2) is 0 Å². The number of aliphatic hydroxyl groups excluding tert-OH is 2. The zero-order chi connectivity index (χ0) is 12.7. The fourth-order valence-electron chi connectivity index (χ4n) is 1.56. The molecule has 0 saturated carbocycles. The monoisotopic (exact) mass is 238 g/mol. The van der Waals surface area contributed by atoms with Crippen molar-refractivity contribution in [1.29, 1.82) is 0 Å². The second kappa shape index (κ2) is 7.27. The van der Waals surface area contributed by atoms with E-state index in [0.717, 1.165) is 17.8 Å². The Balaban J connectivity index is 2.43. The molecule has 3 N–H and O–H groups in total. The summed E-state index contributed by atoms with van der Waals surface area (Å²) < 4.78 is 0. The summed E-state index contributed by atoms with van der Waals surface area (Å²) in [6.45, 7) is 1.42. The van der Waals surface area contributed by atoms with Gasteiger partial charge in [-0.25, -0.2) is 0 Å². The predicted octanol–water partition coefficient (Wildman–Crippen LogP) is 0.758. The Labute approximate surface area is 103 Å². The fourth-order valence-corrected chi connectivity index (χ4v) is 1.56. The van der Waals surface area contributed by atoms with Gasteiger partial charge in [-0.2, -0.15) is 0 Å². The molecule has 0 amide bonds. The summed E-state index contributed by atoms with van der Waals surface area (Å²) in [4.78, 5) is 2.02. The topological polar surface area (TPSA) is 55.7 Å². The van der Waals surface area contributed by atoms with Gasteiger partial charge in [-0.1, -0.05) is 12.1 Å². The van der Waals surface area contributed by atoms with Gasteiger partial charge in [0.05, 0.1) is 6.10 Å². The molecule has 17 heavy (non-hydrogen) atoms. The number of nitrogens with zero attached hydrogens (tertiary/aromatic N) is 1. The molecule has 0 spiro atoms. The first-order valence-electron chi connectivity index (χ1n) is 5.92. The van der Waals surface area contributed by atoms with Crippen molar-refractivity contribution in [2.24, 2.45) is 0 Å². The quantitative estimate of drug-likeness (QED) is 0.614. The molecular formula is C13H22N2O2. The van der Waals surface area contributed by atoms with Crippen molar-refractivity contribution in [1.82, 2.24) is 5.32 Å². The van der Waals surface area contributed by atoms with Gasteiger partial charge < -0.3 is 20.4 Å². The van der Waals surface area contributed by atoms with Crippen LogP contribution in [0.4, 0.5) is 5.69 Å². The van der Waals surface area contributed by atoms with Crippen molar-refractivity contribution in [3.63, 3.8) is 0 Å². The van der Waals surface area contributed by atoms with Crippen LogP contribution in [0.2, 0.25) is 0 Å². The molecule has 0 radical (unpaired) electrons. The van der Waals surface area contributed by atoms with E-state index in [1.54, 1.807) is 0 Å². The minimum atomic E-state index is -0.495. The van der Waals surface area contributed by atoms with Crippen LogP contribution in [0.25, 0.3) is 0 Å². The first-order valence-corrected chi connectivity index (χ1v) is 5.92. The van der Waals surface area contributed by atoms with Crippen molar-refractivity contribution >= 4 is 5.69 Å². The number of rotatable bonds is 7. The Kier molecular flexibility index (Phi) is 5.97. The van der Waals surface area contributed by atoms with E-state index in [1.807, 2.05) is 43.3 Å². The number of hydrogen-bond acceptors (Lipinski definition) is 4. The molecule has 0 bridgehead atoms. The van der Waals surface area contributed by atoms with E-state index in [4.69, 9.17) is 5.11 Å². The van der Waals surface area contributed by atoms with E-state index >= 15 is 0 Å². The lowest BCUT2D eigenvalue weighted by molar-refractivity contribution is 0.173. The molecule has 0 aromatic heterocycles. The Morgan fingerprint density at radius 3 is 2.41 bits per heavy atom. The van der Waals surface area contributed by atoms with E-state index in [2.05, 4.69) is 5.32 Å². The Hall–Kier alpha value is -1.10. The molecule has 0 fully saturated rings. The molecule has 0 heterocycles. The predicted molar refractivity (Wildman–Crippen MR) is 70.3 cm³/mol. The van der Waals surface area contributed by atoms with Crippen LogP contribution in [0.15, 0.2) is 24.3 Å². The van der Waals surface area contributed by atoms with E-state index < -0.39 is 6.10 Å². The minimum absolute atomic E-state index is 0.181. The van der Waals surface area contributed by atoms with Crippen molar-refractivity contribution in [2.45, 2.75) is 12.5 Å². The molecule has 1 unspecified atom stereocenters. The molecule has 1 aromatic rings. The summed E-state index contributed by atoms with van der Waals surface area (Å²) in [5, 5.41) is 21.6. The van der Waals surface area contributed by atoms with Crippen LogP contribution in [0.5, 0.6) is 0 Å². The summed E-state index contributed by atoms with van der Waals surface area (Å²) in [6.07, 6.45) is 0.219. The lowest BCUT2D eigenvalue weighted by Crippen LogP contribution is -2.23. The number of aliphatic hydroxyl groups is 2. The van der Waals surface area contributed by atoms with Gasteiger partial charge in [-0.15, -0.1) is 0 Å². The van der Waals surface area contributed by atoms with E-state index in [-0.39, 0.29) is 6.61 Å². The number of hydrogen-bond donors (Lipinski definition) is 3. The third-order valence-corrected chi connectivity index (χ3v) is 2.64. The molecular weight excluding hydrogens is 216 g/mol. The molecule has 96 valence electrons. The highest BCUT2D eigenvalue weighted by Gasteiger charge is 2.06.